The van der Waals surface area contributed by atoms with Crippen molar-refractivity contribution in [2.45, 2.75) is 180 Å². The molecule has 0 saturated carbocycles. The lowest BCUT2D eigenvalue weighted by atomic mass is 10.0. The Balaban J connectivity index is 3.87. The molecule has 6 heteroatoms. The van der Waals surface area contributed by atoms with Crippen LogP contribution in [0.5, 0.6) is 0 Å². The quantitative estimate of drug-likeness (QED) is 0.0680. The highest BCUT2D eigenvalue weighted by atomic mass is 16.6. The van der Waals surface area contributed by atoms with Crippen molar-refractivity contribution in [3.63, 3.8) is 0 Å². The van der Waals surface area contributed by atoms with Gasteiger partial charge in [0, 0.05) is 6.61 Å². The van der Waals surface area contributed by atoms with Crippen molar-refractivity contribution in [2.75, 3.05) is 66.1 Å². The second kappa shape index (κ2) is 40.8. The first-order chi connectivity index (χ1) is 21.8. The first kappa shape index (κ1) is 43.8. The van der Waals surface area contributed by atoms with Gasteiger partial charge in [-0.15, -0.1) is 0 Å². The van der Waals surface area contributed by atoms with Crippen molar-refractivity contribution in [1.82, 2.24) is 0 Å². The summed E-state index contributed by atoms with van der Waals surface area (Å²) in [5.41, 5.74) is 0. The fraction of sp³-hybridized carbons (Fsp3) is 1.00. The lowest BCUT2D eigenvalue weighted by Crippen LogP contribution is -2.22. The molecule has 0 aromatic carbocycles. The summed E-state index contributed by atoms with van der Waals surface area (Å²) in [6.45, 7) is 9.82. The molecule has 44 heavy (non-hydrogen) atoms. The average molecular weight is 631 g/mol. The van der Waals surface area contributed by atoms with Gasteiger partial charge in [-0.25, -0.2) is 0 Å². The Kier molecular flexibility index (Phi) is 40.6. The molecule has 0 aliphatic carbocycles. The van der Waals surface area contributed by atoms with E-state index in [0.29, 0.717) is 52.9 Å². The summed E-state index contributed by atoms with van der Waals surface area (Å²) in [6.07, 6.45) is 34.3. The molecule has 0 spiro atoms. The molecule has 1 atom stereocenters. The van der Waals surface area contributed by atoms with E-state index in [9.17, 15) is 0 Å². The first-order valence-corrected chi connectivity index (χ1v) is 19.4. The molecule has 0 aromatic rings. The van der Waals surface area contributed by atoms with E-state index < -0.39 is 0 Å². The lowest BCUT2D eigenvalue weighted by molar-refractivity contribution is -0.0423. The second-order valence-corrected chi connectivity index (χ2v) is 12.7. The molecular weight excluding hydrogens is 552 g/mol. The molecular formula is C38H78O6. The number of ether oxygens (including phenoxy) is 5. The van der Waals surface area contributed by atoms with Crippen LogP contribution in [0.4, 0.5) is 0 Å². The number of aliphatic hydroxyl groups is 1. The first-order valence-electron chi connectivity index (χ1n) is 19.4. The molecule has 0 fully saturated rings. The highest BCUT2D eigenvalue weighted by molar-refractivity contribution is 4.59. The van der Waals surface area contributed by atoms with Crippen molar-refractivity contribution in [1.29, 1.82) is 0 Å². The van der Waals surface area contributed by atoms with E-state index in [1.54, 1.807) is 0 Å². The highest BCUT2D eigenvalue weighted by Gasteiger charge is 2.10. The lowest BCUT2D eigenvalue weighted by Gasteiger charge is -2.18. The number of hydrogen-bond donors (Lipinski definition) is 1. The number of rotatable bonds is 40. The Morgan fingerprint density at radius 3 is 1.11 bits per heavy atom. The van der Waals surface area contributed by atoms with Crippen LogP contribution in [0.15, 0.2) is 0 Å². The van der Waals surface area contributed by atoms with Gasteiger partial charge < -0.3 is 28.8 Å². The third-order valence-electron chi connectivity index (χ3n) is 8.39. The molecule has 0 aromatic heterocycles. The predicted octanol–water partition coefficient (Wildman–Crippen LogP) is 10.2. The SMILES string of the molecule is CCCCCCCCCCCCCCCCOC(CCCCCCCCCCCC)COCCOCCOCCOCCO. The molecule has 0 rings (SSSR count). The Hall–Kier alpha value is -0.240. The van der Waals surface area contributed by atoms with Crippen LogP contribution in [0.3, 0.4) is 0 Å². The van der Waals surface area contributed by atoms with Crippen LogP contribution in [0.25, 0.3) is 0 Å². The zero-order chi connectivity index (χ0) is 31.9. The van der Waals surface area contributed by atoms with E-state index in [1.165, 1.54) is 154 Å². The van der Waals surface area contributed by atoms with Crippen LogP contribution in [-0.4, -0.2) is 77.3 Å². The third-order valence-corrected chi connectivity index (χ3v) is 8.39. The van der Waals surface area contributed by atoms with Gasteiger partial charge in [-0.2, -0.15) is 0 Å². The normalized spacial score (nSPS) is 12.3. The standard InChI is InChI=1S/C38H78O6/c1-3-5-7-9-11-13-15-16-17-18-20-22-24-26-29-44-38(27-25-23-21-19-14-12-10-8-6-4-2)37-43-36-35-42-34-33-41-32-31-40-30-28-39/h38-39H,3-37H2,1-2H3. The Bertz CT molecular complexity index is 492. The smallest absolute Gasteiger partial charge is 0.0808 e. The van der Waals surface area contributed by atoms with Gasteiger partial charge >= 0.3 is 0 Å². The van der Waals surface area contributed by atoms with Crippen LogP contribution in [0, 0.1) is 0 Å². The van der Waals surface area contributed by atoms with Crippen LogP contribution >= 0.6 is 0 Å². The van der Waals surface area contributed by atoms with Crippen LogP contribution < -0.4 is 0 Å². The van der Waals surface area contributed by atoms with Gasteiger partial charge in [-0.1, -0.05) is 162 Å². The number of hydrogen-bond acceptors (Lipinski definition) is 6. The van der Waals surface area contributed by atoms with Crippen molar-refractivity contribution in [2.24, 2.45) is 0 Å². The number of unbranched alkanes of at least 4 members (excludes halogenated alkanes) is 22. The van der Waals surface area contributed by atoms with Gasteiger partial charge in [0.2, 0.25) is 0 Å². The molecule has 0 heterocycles. The fourth-order valence-electron chi connectivity index (χ4n) is 5.56. The zero-order valence-electron chi connectivity index (χ0n) is 29.8. The van der Waals surface area contributed by atoms with E-state index in [-0.39, 0.29) is 12.7 Å². The Labute approximate surface area is 275 Å². The molecule has 0 aliphatic heterocycles. The molecule has 266 valence electrons. The van der Waals surface area contributed by atoms with E-state index in [1.807, 2.05) is 0 Å². The summed E-state index contributed by atoms with van der Waals surface area (Å²) in [5.74, 6) is 0. The van der Waals surface area contributed by atoms with E-state index in [4.69, 9.17) is 28.8 Å². The maximum Gasteiger partial charge on any atom is 0.0808 e. The van der Waals surface area contributed by atoms with E-state index in [2.05, 4.69) is 13.8 Å². The summed E-state index contributed by atoms with van der Waals surface area (Å²) in [5, 5.41) is 8.68. The van der Waals surface area contributed by atoms with E-state index in [0.717, 1.165) is 13.0 Å². The summed E-state index contributed by atoms with van der Waals surface area (Å²) in [6, 6.07) is 0. The molecule has 0 amide bonds. The molecule has 0 saturated heterocycles. The van der Waals surface area contributed by atoms with Crippen molar-refractivity contribution < 1.29 is 28.8 Å². The van der Waals surface area contributed by atoms with E-state index >= 15 is 0 Å². The topological polar surface area (TPSA) is 66.4 Å². The molecule has 1 N–H and O–H groups in total. The Morgan fingerprint density at radius 2 is 0.705 bits per heavy atom. The van der Waals surface area contributed by atoms with Gasteiger partial charge in [-0.3, -0.25) is 0 Å². The van der Waals surface area contributed by atoms with Gasteiger partial charge in [0.15, 0.2) is 0 Å². The fourth-order valence-corrected chi connectivity index (χ4v) is 5.56. The zero-order valence-corrected chi connectivity index (χ0v) is 29.8. The predicted molar refractivity (Wildman–Crippen MR) is 187 cm³/mol. The summed E-state index contributed by atoms with van der Waals surface area (Å²) in [7, 11) is 0. The Morgan fingerprint density at radius 1 is 0.364 bits per heavy atom. The van der Waals surface area contributed by atoms with Crippen molar-refractivity contribution in [3.8, 4) is 0 Å². The molecule has 0 aliphatic rings. The van der Waals surface area contributed by atoms with Crippen LogP contribution in [0.2, 0.25) is 0 Å². The van der Waals surface area contributed by atoms with Gasteiger partial charge in [0.25, 0.3) is 0 Å². The minimum absolute atomic E-state index is 0.0493. The van der Waals surface area contributed by atoms with Crippen molar-refractivity contribution in [3.05, 3.63) is 0 Å². The largest absolute Gasteiger partial charge is 0.394 e. The van der Waals surface area contributed by atoms with Gasteiger partial charge in [-0.05, 0) is 12.8 Å². The average Bonchev–Trinajstić information content (AvgIpc) is 3.03. The van der Waals surface area contributed by atoms with Gasteiger partial charge in [0.1, 0.15) is 0 Å². The second-order valence-electron chi connectivity index (χ2n) is 12.7. The van der Waals surface area contributed by atoms with Crippen LogP contribution in [0.1, 0.15) is 174 Å². The third kappa shape index (κ3) is 37.9. The molecule has 0 bridgehead atoms. The van der Waals surface area contributed by atoms with Crippen molar-refractivity contribution >= 4 is 0 Å². The molecule has 0 radical (unpaired) electrons. The maximum atomic E-state index is 8.68. The minimum atomic E-state index is 0.0493. The molecule has 6 nitrogen and oxygen atoms in total. The van der Waals surface area contributed by atoms with Gasteiger partial charge in [0.05, 0.1) is 65.6 Å². The molecule has 1 unspecified atom stereocenters. The summed E-state index contributed by atoms with van der Waals surface area (Å²) < 4.78 is 28.5. The number of aliphatic hydroxyl groups excluding tert-OH is 1. The monoisotopic (exact) mass is 631 g/mol. The summed E-state index contributed by atoms with van der Waals surface area (Å²) in [4.78, 5) is 0. The maximum absolute atomic E-state index is 8.68. The summed E-state index contributed by atoms with van der Waals surface area (Å²) >= 11 is 0. The highest BCUT2D eigenvalue weighted by Crippen LogP contribution is 2.15. The van der Waals surface area contributed by atoms with Crippen LogP contribution in [-0.2, 0) is 23.7 Å². The minimum Gasteiger partial charge on any atom is -0.394 e.